The van der Waals surface area contributed by atoms with Crippen LogP contribution in [0, 0.1) is 6.92 Å². The third-order valence-corrected chi connectivity index (χ3v) is 6.88. The molecule has 0 aliphatic heterocycles. The zero-order chi connectivity index (χ0) is 14.4. The van der Waals surface area contributed by atoms with Crippen LogP contribution in [-0.2, 0) is 17.6 Å². The number of thiophene rings is 1. The first kappa shape index (κ1) is 13.7. The molecule has 0 bridgehead atoms. The van der Waals surface area contributed by atoms with E-state index in [4.69, 9.17) is 0 Å². The van der Waals surface area contributed by atoms with Gasteiger partial charge < -0.3 is 0 Å². The minimum atomic E-state index is 0.105. The Labute approximate surface area is 132 Å². The van der Waals surface area contributed by atoms with E-state index in [1.807, 2.05) is 18.3 Å². The van der Waals surface area contributed by atoms with Crippen molar-refractivity contribution < 1.29 is 4.79 Å². The van der Waals surface area contributed by atoms with Crippen LogP contribution in [0.25, 0.3) is 10.2 Å². The summed E-state index contributed by atoms with van der Waals surface area (Å²) in [5.74, 6) is 1.23. The molecule has 5 heteroatoms. The standard InChI is InChI=1S/C16H18N2OS2/c1-9-17-15-14(10-5-4-8-12(10)20-15)16(18-9)21-13-7-3-2-6-11(13)19/h13H,2-8H2,1H3/t13-/m1/s1. The fourth-order valence-corrected chi connectivity index (χ4v) is 6.06. The SMILES string of the molecule is Cc1nc(S[C@@H]2CCCCC2=O)c2c3c(sc2n1)CCC3. The minimum absolute atomic E-state index is 0.105. The maximum absolute atomic E-state index is 12.1. The molecule has 0 saturated heterocycles. The van der Waals surface area contributed by atoms with Crippen LogP contribution in [0.3, 0.4) is 0 Å². The Balaban J connectivity index is 1.78. The number of aromatic nitrogens is 2. The van der Waals surface area contributed by atoms with Gasteiger partial charge in [0.1, 0.15) is 21.5 Å². The lowest BCUT2D eigenvalue weighted by Crippen LogP contribution is -2.21. The smallest absolute Gasteiger partial charge is 0.146 e. The molecule has 0 N–H and O–H groups in total. The monoisotopic (exact) mass is 318 g/mol. The molecule has 0 unspecified atom stereocenters. The number of ketones is 1. The summed E-state index contributed by atoms with van der Waals surface area (Å²) in [7, 11) is 0. The minimum Gasteiger partial charge on any atom is -0.298 e. The van der Waals surface area contributed by atoms with Gasteiger partial charge in [0.25, 0.3) is 0 Å². The summed E-state index contributed by atoms with van der Waals surface area (Å²) in [5, 5.41) is 2.41. The molecule has 2 aromatic heterocycles. The zero-order valence-corrected chi connectivity index (χ0v) is 13.8. The second-order valence-electron chi connectivity index (χ2n) is 5.93. The third kappa shape index (κ3) is 2.40. The van der Waals surface area contributed by atoms with Crippen molar-refractivity contribution in [2.24, 2.45) is 0 Å². The highest BCUT2D eigenvalue weighted by Crippen LogP contribution is 2.42. The first-order valence-electron chi connectivity index (χ1n) is 7.70. The lowest BCUT2D eigenvalue weighted by Gasteiger charge is -2.19. The Morgan fingerprint density at radius 1 is 1.14 bits per heavy atom. The summed E-state index contributed by atoms with van der Waals surface area (Å²) in [6.07, 6.45) is 7.54. The topological polar surface area (TPSA) is 42.9 Å². The van der Waals surface area contributed by atoms with Crippen LogP contribution in [0.1, 0.15) is 48.4 Å². The summed E-state index contributed by atoms with van der Waals surface area (Å²) in [5.41, 5.74) is 1.46. The summed E-state index contributed by atoms with van der Waals surface area (Å²) < 4.78 is 0. The second kappa shape index (κ2) is 5.36. The molecule has 0 amide bonds. The predicted molar refractivity (Wildman–Crippen MR) is 87.3 cm³/mol. The largest absolute Gasteiger partial charge is 0.298 e. The predicted octanol–water partition coefficient (Wildman–Crippen LogP) is 4.09. The summed E-state index contributed by atoms with van der Waals surface area (Å²) in [6, 6.07) is 0. The number of thioether (sulfide) groups is 1. The molecule has 2 aromatic rings. The van der Waals surface area contributed by atoms with E-state index in [1.165, 1.54) is 35.1 Å². The number of fused-ring (bicyclic) bond motifs is 3. The highest BCUT2D eigenvalue weighted by atomic mass is 32.2. The van der Waals surface area contributed by atoms with Crippen molar-refractivity contribution in [3.05, 3.63) is 16.3 Å². The van der Waals surface area contributed by atoms with Crippen molar-refractivity contribution in [2.75, 3.05) is 0 Å². The fourth-order valence-electron chi connectivity index (χ4n) is 3.36. The number of rotatable bonds is 2. The number of aryl methyl sites for hydroxylation is 3. The van der Waals surface area contributed by atoms with Gasteiger partial charge in [-0.1, -0.05) is 18.2 Å². The number of nitrogens with zero attached hydrogens (tertiary/aromatic N) is 2. The number of carbonyl (C=O) groups excluding carboxylic acids is 1. The average molecular weight is 318 g/mol. The van der Waals surface area contributed by atoms with E-state index in [-0.39, 0.29) is 5.25 Å². The van der Waals surface area contributed by atoms with Gasteiger partial charge in [-0.25, -0.2) is 9.97 Å². The van der Waals surface area contributed by atoms with Gasteiger partial charge in [0.05, 0.1) is 5.25 Å². The molecule has 2 heterocycles. The average Bonchev–Trinajstić information content (AvgIpc) is 3.01. The van der Waals surface area contributed by atoms with Gasteiger partial charge in [0, 0.05) is 16.7 Å². The maximum atomic E-state index is 12.1. The van der Waals surface area contributed by atoms with E-state index in [2.05, 4.69) is 9.97 Å². The Morgan fingerprint density at radius 3 is 2.90 bits per heavy atom. The van der Waals surface area contributed by atoms with E-state index in [0.29, 0.717) is 5.78 Å². The summed E-state index contributed by atoms with van der Waals surface area (Å²) in [6.45, 7) is 1.96. The maximum Gasteiger partial charge on any atom is 0.146 e. The molecule has 2 aliphatic carbocycles. The molecule has 1 saturated carbocycles. The Morgan fingerprint density at radius 2 is 2.05 bits per heavy atom. The molecule has 4 rings (SSSR count). The lowest BCUT2D eigenvalue weighted by atomic mass is 9.99. The number of Topliss-reactive ketones (excluding diaryl/α,β-unsaturated/α-hetero) is 1. The highest BCUT2D eigenvalue weighted by molar-refractivity contribution is 8.00. The quantitative estimate of drug-likeness (QED) is 0.782. The number of hydrogen-bond donors (Lipinski definition) is 0. The van der Waals surface area contributed by atoms with Crippen LogP contribution < -0.4 is 0 Å². The van der Waals surface area contributed by atoms with Crippen LogP contribution >= 0.6 is 23.1 Å². The van der Waals surface area contributed by atoms with Crippen molar-refractivity contribution in [1.82, 2.24) is 9.97 Å². The normalized spacial score (nSPS) is 22.0. The van der Waals surface area contributed by atoms with Crippen molar-refractivity contribution in [1.29, 1.82) is 0 Å². The van der Waals surface area contributed by atoms with Gasteiger partial charge in [-0.3, -0.25) is 4.79 Å². The van der Waals surface area contributed by atoms with Gasteiger partial charge in [0.2, 0.25) is 0 Å². The van der Waals surface area contributed by atoms with E-state index >= 15 is 0 Å². The van der Waals surface area contributed by atoms with Gasteiger partial charge >= 0.3 is 0 Å². The Kier molecular flexibility index (Phi) is 3.50. The molecule has 21 heavy (non-hydrogen) atoms. The van der Waals surface area contributed by atoms with E-state index in [0.717, 1.165) is 41.4 Å². The van der Waals surface area contributed by atoms with E-state index < -0.39 is 0 Å². The van der Waals surface area contributed by atoms with Crippen LogP contribution in [0.15, 0.2) is 5.03 Å². The van der Waals surface area contributed by atoms with Gasteiger partial charge in [0.15, 0.2) is 0 Å². The number of hydrogen-bond acceptors (Lipinski definition) is 5. The fraction of sp³-hybridized carbons (Fsp3) is 0.562. The molecule has 2 aliphatic rings. The van der Waals surface area contributed by atoms with Crippen molar-refractivity contribution >= 4 is 39.1 Å². The zero-order valence-electron chi connectivity index (χ0n) is 12.1. The summed E-state index contributed by atoms with van der Waals surface area (Å²) in [4.78, 5) is 24.0. The van der Waals surface area contributed by atoms with Gasteiger partial charge in [-0.15, -0.1) is 11.3 Å². The molecule has 110 valence electrons. The molecule has 0 aromatic carbocycles. The van der Waals surface area contributed by atoms with Crippen molar-refractivity contribution in [2.45, 2.75) is 62.1 Å². The van der Waals surface area contributed by atoms with Crippen LogP contribution in [0.4, 0.5) is 0 Å². The highest BCUT2D eigenvalue weighted by Gasteiger charge is 2.27. The molecule has 1 atom stereocenters. The number of carbonyl (C=O) groups is 1. The van der Waals surface area contributed by atoms with Crippen molar-refractivity contribution in [3.8, 4) is 0 Å². The molecular formula is C16H18N2OS2. The van der Waals surface area contributed by atoms with Gasteiger partial charge in [-0.05, 0) is 44.6 Å². The van der Waals surface area contributed by atoms with Crippen LogP contribution in [0.2, 0.25) is 0 Å². The molecule has 1 fully saturated rings. The first-order valence-corrected chi connectivity index (χ1v) is 9.40. The van der Waals surface area contributed by atoms with Crippen LogP contribution in [0.5, 0.6) is 0 Å². The molecule has 0 spiro atoms. The van der Waals surface area contributed by atoms with E-state index in [1.54, 1.807) is 11.8 Å². The molecular weight excluding hydrogens is 300 g/mol. The second-order valence-corrected chi connectivity index (χ2v) is 8.21. The molecule has 0 radical (unpaired) electrons. The molecule has 3 nitrogen and oxygen atoms in total. The third-order valence-electron chi connectivity index (χ3n) is 4.40. The lowest BCUT2D eigenvalue weighted by molar-refractivity contribution is -0.119. The van der Waals surface area contributed by atoms with E-state index in [9.17, 15) is 4.79 Å². The summed E-state index contributed by atoms with van der Waals surface area (Å²) >= 11 is 3.52. The van der Waals surface area contributed by atoms with Crippen molar-refractivity contribution in [3.63, 3.8) is 0 Å². The Bertz CT molecular complexity index is 723. The first-order chi connectivity index (χ1) is 10.2. The van der Waals surface area contributed by atoms with Crippen LogP contribution in [-0.4, -0.2) is 21.0 Å². The van der Waals surface area contributed by atoms with Gasteiger partial charge in [-0.2, -0.15) is 0 Å². The Hall–Kier alpha value is -0.940.